The van der Waals surface area contributed by atoms with Gasteiger partial charge in [-0.15, -0.1) is 0 Å². The number of carbonyl (C=O) groups excluding carboxylic acids is 1. The molecule has 25 heavy (non-hydrogen) atoms. The van der Waals surface area contributed by atoms with Gasteiger partial charge in [0.05, 0.1) is 6.04 Å². The van der Waals surface area contributed by atoms with Crippen molar-refractivity contribution in [1.29, 1.82) is 0 Å². The second-order valence-electron chi connectivity index (χ2n) is 7.95. The lowest BCUT2D eigenvalue weighted by atomic mass is 9.97. The molecule has 0 aromatic heterocycles. The molecule has 2 N–H and O–H groups in total. The molecule has 0 bridgehead atoms. The molecule has 1 saturated carbocycles. The Balaban J connectivity index is 1.56. The normalized spacial score (nSPS) is 27.5. The van der Waals surface area contributed by atoms with E-state index >= 15 is 0 Å². The van der Waals surface area contributed by atoms with E-state index in [1.807, 2.05) is 19.2 Å². The number of fused-ring (bicyclic) bond motifs is 1. The van der Waals surface area contributed by atoms with Crippen molar-refractivity contribution in [2.75, 3.05) is 20.1 Å². The highest BCUT2D eigenvalue weighted by Gasteiger charge is 2.43. The number of benzene rings is 1. The molecule has 1 amide bonds. The summed E-state index contributed by atoms with van der Waals surface area (Å²) < 4.78 is 13.1. The lowest BCUT2D eigenvalue weighted by Crippen LogP contribution is -2.50. The number of hydrogen-bond acceptors (Lipinski definition) is 3. The maximum atomic E-state index is 13.1. The number of nitrogens with zero attached hydrogens (tertiary/aromatic N) is 1. The molecule has 3 rings (SSSR count). The van der Waals surface area contributed by atoms with Crippen LogP contribution in [0.25, 0.3) is 0 Å². The number of nitrogens with one attached hydrogen (secondary N) is 2. The maximum Gasteiger partial charge on any atom is 0.237 e. The number of carbonyl (C=O) groups is 1. The van der Waals surface area contributed by atoms with E-state index in [4.69, 9.17) is 0 Å². The lowest BCUT2D eigenvalue weighted by Gasteiger charge is -2.26. The molecule has 1 aromatic carbocycles. The van der Waals surface area contributed by atoms with Crippen LogP contribution in [0.4, 0.5) is 4.39 Å². The van der Waals surface area contributed by atoms with Gasteiger partial charge < -0.3 is 10.6 Å². The van der Waals surface area contributed by atoms with Gasteiger partial charge >= 0.3 is 0 Å². The number of halogens is 1. The zero-order chi connectivity index (χ0) is 18.0. The summed E-state index contributed by atoms with van der Waals surface area (Å²) in [6.45, 7) is 7.09. The predicted octanol–water partition coefficient (Wildman–Crippen LogP) is 2.40. The van der Waals surface area contributed by atoms with Gasteiger partial charge in [0.1, 0.15) is 5.82 Å². The summed E-state index contributed by atoms with van der Waals surface area (Å²) in [6.07, 6.45) is 2.27. The Bertz CT molecular complexity index is 589. The maximum absolute atomic E-state index is 13.1. The second-order valence-corrected chi connectivity index (χ2v) is 7.95. The third kappa shape index (κ3) is 4.21. The Kier molecular flexibility index (Phi) is 5.74. The molecule has 0 radical (unpaired) electrons. The van der Waals surface area contributed by atoms with Crippen LogP contribution in [-0.4, -0.2) is 43.0 Å². The van der Waals surface area contributed by atoms with E-state index in [1.54, 1.807) is 0 Å². The van der Waals surface area contributed by atoms with Crippen LogP contribution >= 0.6 is 0 Å². The third-order valence-corrected chi connectivity index (χ3v) is 5.84. The van der Waals surface area contributed by atoms with E-state index in [0.717, 1.165) is 31.6 Å². The minimum Gasteiger partial charge on any atom is -0.352 e. The summed E-state index contributed by atoms with van der Waals surface area (Å²) in [5.41, 5.74) is 1.15. The van der Waals surface area contributed by atoms with E-state index in [-0.39, 0.29) is 29.7 Å². The second kappa shape index (κ2) is 7.83. The molecule has 1 heterocycles. The van der Waals surface area contributed by atoms with Gasteiger partial charge in [-0.3, -0.25) is 9.69 Å². The average molecular weight is 347 g/mol. The summed E-state index contributed by atoms with van der Waals surface area (Å²) >= 11 is 0. The number of rotatable bonds is 6. The Morgan fingerprint density at radius 3 is 2.60 bits per heavy atom. The molecule has 4 nitrogen and oxygen atoms in total. The molecule has 2 aliphatic rings. The first kappa shape index (κ1) is 18.3. The van der Waals surface area contributed by atoms with Crippen LogP contribution in [0.15, 0.2) is 24.3 Å². The lowest BCUT2D eigenvalue weighted by molar-refractivity contribution is -0.125. The van der Waals surface area contributed by atoms with Crippen molar-refractivity contribution in [2.24, 2.45) is 17.8 Å². The predicted molar refractivity (Wildman–Crippen MR) is 97.5 cm³/mol. The highest BCUT2D eigenvalue weighted by molar-refractivity contribution is 5.82. The monoisotopic (exact) mass is 347 g/mol. The fourth-order valence-electron chi connectivity index (χ4n) is 4.55. The minimum atomic E-state index is -0.186. The first-order chi connectivity index (χ1) is 12.0. The van der Waals surface area contributed by atoms with Crippen LogP contribution in [0.3, 0.4) is 0 Å². The average Bonchev–Trinajstić information content (AvgIpc) is 3.11. The Labute approximate surface area is 150 Å². The van der Waals surface area contributed by atoms with Crippen molar-refractivity contribution in [2.45, 2.75) is 45.3 Å². The highest BCUT2D eigenvalue weighted by Crippen LogP contribution is 2.38. The van der Waals surface area contributed by atoms with Gasteiger partial charge in [-0.2, -0.15) is 0 Å². The first-order valence-corrected chi connectivity index (χ1v) is 9.42. The van der Waals surface area contributed by atoms with E-state index in [9.17, 15) is 9.18 Å². The van der Waals surface area contributed by atoms with Crippen molar-refractivity contribution in [1.82, 2.24) is 15.5 Å². The molecular weight excluding hydrogens is 317 g/mol. The summed E-state index contributed by atoms with van der Waals surface area (Å²) in [5, 5.41) is 6.42. The van der Waals surface area contributed by atoms with Gasteiger partial charge in [-0.25, -0.2) is 4.39 Å². The van der Waals surface area contributed by atoms with Crippen LogP contribution in [0.2, 0.25) is 0 Å². The smallest absolute Gasteiger partial charge is 0.237 e. The summed E-state index contributed by atoms with van der Waals surface area (Å²) in [5.74, 6) is 1.42. The van der Waals surface area contributed by atoms with Gasteiger partial charge in [0.25, 0.3) is 0 Å². The summed E-state index contributed by atoms with van der Waals surface area (Å²) in [6, 6.07) is 6.94. The van der Waals surface area contributed by atoms with Crippen molar-refractivity contribution < 1.29 is 9.18 Å². The topological polar surface area (TPSA) is 44.4 Å². The largest absolute Gasteiger partial charge is 0.352 e. The Morgan fingerprint density at radius 2 is 1.96 bits per heavy atom. The SMILES string of the molecule is CN[C@H](C(=O)N[C@@H]1CC[C@H]2CN(Cc3ccc(F)cc3)C[C@H]21)C(C)C. The molecule has 1 aliphatic heterocycles. The molecule has 4 atom stereocenters. The van der Waals surface area contributed by atoms with Gasteiger partial charge in [-0.05, 0) is 55.3 Å². The third-order valence-electron chi connectivity index (χ3n) is 5.84. The van der Waals surface area contributed by atoms with Gasteiger partial charge in [-0.1, -0.05) is 26.0 Å². The van der Waals surface area contributed by atoms with E-state index in [0.29, 0.717) is 11.8 Å². The van der Waals surface area contributed by atoms with Crippen LogP contribution < -0.4 is 10.6 Å². The van der Waals surface area contributed by atoms with Gasteiger partial charge in [0.15, 0.2) is 0 Å². The standard InChI is InChI=1S/C20H30FN3O/c1-13(2)19(22-3)20(25)23-18-9-6-15-11-24(12-17(15)18)10-14-4-7-16(21)8-5-14/h4-5,7-8,13,15,17-19,22H,6,9-12H2,1-3H3,(H,23,25)/t15-,17+,18+,19-/m0/s1. The highest BCUT2D eigenvalue weighted by atomic mass is 19.1. The molecule has 1 saturated heterocycles. The molecule has 1 aromatic rings. The molecule has 2 fully saturated rings. The Morgan fingerprint density at radius 1 is 1.24 bits per heavy atom. The van der Waals surface area contributed by atoms with Crippen molar-refractivity contribution in [3.05, 3.63) is 35.6 Å². The zero-order valence-electron chi connectivity index (χ0n) is 15.5. The van der Waals surface area contributed by atoms with Crippen molar-refractivity contribution in [3.63, 3.8) is 0 Å². The number of likely N-dealkylation sites (tertiary alicyclic amines) is 1. The minimum absolute atomic E-state index is 0.125. The molecule has 0 spiro atoms. The zero-order valence-corrected chi connectivity index (χ0v) is 15.5. The fraction of sp³-hybridized carbons (Fsp3) is 0.650. The van der Waals surface area contributed by atoms with E-state index < -0.39 is 0 Å². The van der Waals surface area contributed by atoms with Gasteiger partial charge in [0, 0.05) is 25.7 Å². The molecule has 5 heteroatoms. The molecule has 0 unspecified atom stereocenters. The van der Waals surface area contributed by atoms with Crippen molar-refractivity contribution >= 4 is 5.91 Å². The number of likely N-dealkylation sites (N-methyl/N-ethyl adjacent to an activating group) is 1. The van der Waals surface area contributed by atoms with Crippen LogP contribution in [0.1, 0.15) is 32.3 Å². The molecular formula is C20H30FN3O. The Hall–Kier alpha value is -1.46. The van der Waals surface area contributed by atoms with Crippen molar-refractivity contribution in [3.8, 4) is 0 Å². The van der Waals surface area contributed by atoms with E-state index in [1.165, 1.54) is 18.6 Å². The quantitative estimate of drug-likeness (QED) is 0.831. The summed E-state index contributed by atoms with van der Waals surface area (Å²) in [4.78, 5) is 15.0. The van der Waals surface area contributed by atoms with Gasteiger partial charge in [0.2, 0.25) is 5.91 Å². The summed E-state index contributed by atoms with van der Waals surface area (Å²) in [7, 11) is 1.85. The van der Waals surface area contributed by atoms with Crippen LogP contribution in [0, 0.1) is 23.6 Å². The number of hydrogen-bond donors (Lipinski definition) is 2. The van der Waals surface area contributed by atoms with Crippen LogP contribution in [-0.2, 0) is 11.3 Å². The first-order valence-electron chi connectivity index (χ1n) is 9.42. The molecule has 1 aliphatic carbocycles. The fourth-order valence-corrected chi connectivity index (χ4v) is 4.55. The van der Waals surface area contributed by atoms with E-state index in [2.05, 4.69) is 29.4 Å². The molecule has 138 valence electrons. The van der Waals surface area contributed by atoms with Crippen LogP contribution in [0.5, 0.6) is 0 Å². The number of amides is 1.